The lowest BCUT2D eigenvalue weighted by Gasteiger charge is -2.16. The number of methoxy groups -OCH3 is 1. The number of rotatable bonds is 4. The summed E-state index contributed by atoms with van der Waals surface area (Å²) in [7, 11) is 1.43. The molecule has 0 aliphatic rings. The molecule has 0 spiro atoms. The van der Waals surface area contributed by atoms with Crippen molar-refractivity contribution in [3.05, 3.63) is 37.2 Å². The van der Waals surface area contributed by atoms with E-state index in [1.807, 2.05) is 22.6 Å². The van der Waals surface area contributed by atoms with Crippen LogP contribution in [-0.4, -0.2) is 18.9 Å². The predicted molar refractivity (Wildman–Crippen MR) is 91.9 cm³/mol. The van der Waals surface area contributed by atoms with Crippen molar-refractivity contribution in [2.75, 3.05) is 7.11 Å². The van der Waals surface area contributed by atoms with Crippen LogP contribution in [0.4, 0.5) is 0 Å². The highest BCUT2D eigenvalue weighted by molar-refractivity contribution is 14.1. The van der Waals surface area contributed by atoms with Crippen molar-refractivity contribution in [1.29, 1.82) is 0 Å². The summed E-state index contributed by atoms with van der Waals surface area (Å²) in [6.07, 6.45) is -0.856. The van der Waals surface area contributed by atoms with E-state index in [1.54, 1.807) is 19.1 Å². The molecule has 1 aromatic heterocycles. The zero-order valence-electron chi connectivity index (χ0n) is 13.1. The topological polar surface area (TPSA) is 82.8 Å². The minimum atomic E-state index is -0.856. The third kappa shape index (κ3) is 3.24. The second-order valence-corrected chi connectivity index (χ2v) is 6.09. The summed E-state index contributed by atoms with van der Waals surface area (Å²) < 4.78 is 16.7. The van der Waals surface area contributed by atoms with E-state index in [1.165, 1.54) is 21.0 Å². The quantitative estimate of drug-likeness (QED) is 0.421. The zero-order chi connectivity index (χ0) is 17.3. The maximum atomic E-state index is 12.8. The number of Topliss-reactive ketones (excluding diaryl/α,β-unsaturated/α-hetero) is 1. The highest BCUT2D eigenvalue weighted by Crippen LogP contribution is 2.31. The summed E-state index contributed by atoms with van der Waals surface area (Å²) >= 11 is 2.02. The van der Waals surface area contributed by atoms with Crippen molar-refractivity contribution in [3.8, 4) is 5.75 Å². The van der Waals surface area contributed by atoms with E-state index in [0.717, 1.165) is 0 Å². The molecule has 0 radical (unpaired) electrons. The van der Waals surface area contributed by atoms with Gasteiger partial charge in [-0.2, -0.15) is 0 Å². The molecular weight excluding hydrogens is 415 g/mol. The van der Waals surface area contributed by atoms with E-state index in [2.05, 4.69) is 0 Å². The van der Waals surface area contributed by atoms with Crippen LogP contribution in [0.3, 0.4) is 0 Å². The summed E-state index contributed by atoms with van der Waals surface area (Å²) in [5.41, 5.74) is -0.330. The highest BCUT2D eigenvalue weighted by atomic mass is 127. The number of hydrogen-bond donors (Lipinski definition) is 0. The minimum Gasteiger partial charge on any atom is -0.496 e. The fraction of sp³-hybridized carbons (Fsp3) is 0.312. The first-order valence-corrected chi connectivity index (χ1v) is 7.87. The molecule has 0 N–H and O–H groups in total. The first kappa shape index (κ1) is 17.5. The van der Waals surface area contributed by atoms with Gasteiger partial charge in [0.2, 0.25) is 5.43 Å². The van der Waals surface area contributed by atoms with Gasteiger partial charge in [-0.25, -0.2) is 0 Å². The Bertz CT molecular complexity index is 852. The van der Waals surface area contributed by atoms with Gasteiger partial charge in [-0.1, -0.05) is 0 Å². The van der Waals surface area contributed by atoms with E-state index < -0.39 is 23.3 Å². The van der Waals surface area contributed by atoms with E-state index >= 15 is 0 Å². The summed E-state index contributed by atoms with van der Waals surface area (Å²) in [6, 6.07) is 3.37. The molecular formula is C16H15IO6. The zero-order valence-corrected chi connectivity index (χ0v) is 15.2. The number of fused-ring (bicyclic) bond motifs is 1. The van der Waals surface area contributed by atoms with Crippen molar-refractivity contribution in [2.45, 2.75) is 26.9 Å². The van der Waals surface area contributed by atoms with Crippen LogP contribution >= 0.6 is 22.6 Å². The summed E-state index contributed by atoms with van der Waals surface area (Å²) in [5.74, 6) is -0.634. The molecule has 0 saturated heterocycles. The normalized spacial score (nSPS) is 12.0. The molecule has 0 bridgehead atoms. The second kappa shape index (κ2) is 6.69. The lowest BCUT2D eigenvalue weighted by molar-refractivity contribution is -0.146. The number of carbonyl (C=O) groups is 2. The molecule has 0 aliphatic heterocycles. The Morgan fingerprint density at radius 2 is 1.91 bits per heavy atom. The highest BCUT2D eigenvalue weighted by Gasteiger charge is 2.26. The van der Waals surface area contributed by atoms with Crippen molar-refractivity contribution >= 4 is 45.3 Å². The Morgan fingerprint density at radius 1 is 1.26 bits per heavy atom. The van der Waals surface area contributed by atoms with Crippen molar-refractivity contribution < 1.29 is 23.5 Å². The average Bonchev–Trinajstić information content (AvgIpc) is 2.46. The monoisotopic (exact) mass is 430 g/mol. The number of ketones is 1. The van der Waals surface area contributed by atoms with Gasteiger partial charge in [0.1, 0.15) is 16.7 Å². The number of benzene rings is 1. The van der Waals surface area contributed by atoms with E-state index in [4.69, 9.17) is 13.9 Å². The van der Waals surface area contributed by atoms with E-state index in [0.29, 0.717) is 14.9 Å². The Labute approximate surface area is 145 Å². The van der Waals surface area contributed by atoms with Gasteiger partial charge < -0.3 is 13.9 Å². The smallest absolute Gasteiger partial charge is 0.303 e. The summed E-state index contributed by atoms with van der Waals surface area (Å²) in [4.78, 5) is 35.9. The molecule has 0 aliphatic carbocycles. The van der Waals surface area contributed by atoms with Gasteiger partial charge in [-0.05, 0) is 48.6 Å². The number of carbonyl (C=O) groups excluding carboxylic acids is 2. The third-order valence-electron chi connectivity index (χ3n) is 3.27. The van der Waals surface area contributed by atoms with Crippen LogP contribution in [0, 0.1) is 3.57 Å². The molecule has 122 valence electrons. The Kier molecular flexibility index (Phi) is 5.08. The molecule has 23 heavy (non-hydrogen) atoms. The van der Waals surface area contributed by atoms with Gasteiger partial charge in [0.25, 0.3) is 0 Å². The standard InChI is InChI=1S/C16H15IO6/c1-7(18)12-14(20)13-11(21-4)6-5-10(17)16(13)23-15(12)8(2)22-9(3)19/h5-6,8H,1-4H3/t8-/m0/s1. The van der Waals surface area contributed by atoms with Crippen LogP contribution in [0.15, 0.2) is 21.3 Å². The maximum Gasteiger partial charge on any atom is 0.303 e. The van der Waals surface area contributed by atoms with Gasteiger partial charge in [0, 0.05) is 6.92 Å². The number of hydrogen-bond acceptors (Lipinski definition) is 6. The van der Waals surface area contributed by atoms with Crippen LogP contribution in [0.5, 0.6) is 5.75 Å². The molecule has 7 heteroatoms. The SMILES string of the molecule is COc1ccc(I)c2oc([C@H](C)OC(C)=O)c(C(C)=O)c(=O)c12. The maximum absolute atomic E-state index is 12.8. The molecule has 0 unspecified atom stereocenters. The molecule has 0 amide bonds. The predicted octanol–water partition coefficient (Wildman–Crippen LogP) is 3.23. The largest absolute Gasteiger partial charge is 0.496 e. The van der Waals surface area contributed by atoms with E-state index in [-0.39, 0.29) is 16.7 Å². The van der Waals surface area contributed by atoms with Gasteiger partial charge in [-0.3, -0.25) is 14.4 Å². The third-order valence-corrected chi connectivity index (χ3v) is 4.12. The summed E-state index contributed by atoms with van der Waals surface area (Å²) in [6.45, 7) is 4.06. The van der Waals surface area contributed by atoms with Gasteiger partial charge in [-0.15, -0.1) is 0 Å². The lowest BCUT2D eigenvalue weighted by atomic mass is 10.0. The fourth-order valence-electron chi connectivity index (χ4n) is 2.34. The van der Waals surface area contributed by atoms with Gasteiger partial charge in [0.05, 0.1) is 10.7 Å². The van der Waals surface area contributed by atoms with Crippen LogP contribution in [-0.2, 0) is 9.53 Å². The molecule has 1 aromatic carbocycles. The molecule has 2 aromatic rings. The Hall–Kier alpha value is -1.90. The minimum absolute atomic E-state index is 0.0383. The number of ether oxygens (including phenoxy) is 2. The van der Waals surface area contributed by atoms with Crippen molar-refractivity contribution in [1.82, 2.24) is 0 Å². The molecule has 0 fully saturated rings. The average molecular weight is 430 g/mol. The number of esters is 1. The van der Waals surface area contributed by atoms with Crippen molar-refractivity contribution in [3.63, 3.8) is 0 Å². The van der Waals surface area contributed by atoms with Crippen LogP contribution in [0.25, 0.3) is 11.0 Å². The van der Waals surface area contributed by atoms with Crippen LogP contribution in [0.1, 0.15) is 43.0 Å². The van der Waals surface area contributed by atoms with Gasteiger partial charge in [0.15, 0.2) is 23.2 Å². The number of halogens is 1. The molecule has 1 atom stereocenters. The van der Waals surface area contributed by atoms with E-state index in [9.17, 15) is 14.4 Å². The lowest BCUT2D eigenvalue weighted by Crippen LogP contribution is -2.20. The van der Waals surface area contributed by atoms with Crippen LogP contribution in [0.2, 0.25) is 0 Å². The molecule has 1 heterocycles. The molecule has 0 saturated carbocycles. The molecule has 6 nitrogen and oxygen atoms in total. The van der Waals surface area contributed by atoms with Gasteiger partial charge >= 0.3 is 5.97 Å². The second-order valence-electron chi connectivity index (χ2n) is 4.93. The van der Waals surface area contributed by atoms with Crippen molar-refractivity contribution in [2.24, 2.45) is 0 Å². The van der Waals surface area contributed by atoms with Crippen LogP contribution < -0.4 is 10.2 Å². The Morgan fingerprint density at radius 3 is 2.43 bits per heavy atom. The summed E-state index contributed by atoms with van der Waals surface area (Å²) in [5, 5.41) is 0.198. The first-order chi connectivity index (χ1) is 10.8. The fourth-order valence-corrected chi connectivity index (χ4v) is 2.90. The molecule has 2 rings (SSSR count). The first-order valence-electron chi connectivity index (χ1n) is 6.79. The Balaban J connectivity index is 2.91.